The minimum absolute atomic E-state index is 0. The normalized spacial score (nSPS) is 39.5. The molecule has 0 radical (unpaired) electrons. The summed E-state index contributed by atoms with van der Waals surface area (Å²) in [6.07, 6.45) is -14.4. The van der Waals surface area contributed by atoms with Crippen LogP contribution in [0.1, 0.15) is 12.8 Å². The van der Waals surface area contributed by atoms with E-state index < -0.39 is 99.0 Å². The number of aliphatic hydroxyl groups is 7. The third-order valence-electron chi connectivity index (χ3n) is 5.26. The van der Waals surface area contributed by atoms with Crippen molar-refractivity contribution in [1.29, 1.82) is 0 Å². The van der Waals surface area contributed by atoms with Gasteiger partial charge in [0.25, 0.3) is 0 Å². The molecule has 0 aromatic heterocycles. The molecule has 0 aromatic rings. The van der Waals surface area contributed by atoms with Crippen LogP contribution in [0.4, 0.5) is 0 Å². The number of hydrogen-bond donors (Lipinski definition) is 8. The first-order valence-electron chi connectivity index (χ1n) is 9.72. The maximum atomic E-state index is 11.8. The molecule has 0 amide bonds. The van der Waals surface area contributed by atoms with E-state index in [1.54, 1.807) is 0 Å². The van der Waals surface area contributed by atoms with E-state index in [0.29, 0.717) is 0 Å². The summed E-state index contributed by atoms with van der Waals surface area (Å²) in [4.78, 5) is 22.3. The van der Waals surface area contributed by atoms with E-state index in [4.69, 9.17) is 24.7 Å². The molecule has 0 bridgehead atoms. The minimum Gasteiger partial charge on any atom is -0.548 e. The zero-order valence-electron chi connectivity index (χ0n) is 17.8. The number of ether oxygens (including phenoxy) is 4. The van der Waals surface area contributed by atoms with Crippen molar-refractivity contribution in [2.45, 2.75) is 73.7 Å². The van der Waals surface area contributed by atoms with Gasteiger partial charge < -0.3 is 70.3 Å². The molecule has 2 aliphatic rings. The van der Waals surface area contributed by atoms with Crippen LogP contribution in [0.2, 0.25) is 0 Å². The van der Waals surface area contributed by atoms with Gasteiger partial charge in [-0.1, -0.05) is 0 Å². The zero-order valence-corrected chi connectivity index (χ0v) is 20.9. The summed E-state index contributed by atoms with van der Waals surface area (Å²) >= 11 is 0. The summed E-state index contributed by atoms with van der Waals surface area (Å²) in [7, 11) is 0. The fourth-order valence-corrected chi connectivity index (χ4v) is 3.26. The third-order valence-corrected chi connectivity index (χ3v) is 5.26. The second-order valence-corrected chi connectivity index (χ2v) is 7.52. The molecule has 10 atom stereocenters. The van der Waals surface area contributed by atoms with Crippen LogP contribution in [0, 0.1) is 0 Å². The van der Waals surface area contributed by atoms with Crippen LogP contribution in [0.5, 0.6) is 0 Å². The summed E-state index contributed by atoms with van der Waals surface area (Å²) in [5.41, 5.74) is 5.22. The van der Waals surface area contributed by atoms with Crippen molar-refractivity contribution in [3.63, 3.8) is 0 Å². The van der Waals surface area contributed by atoms with E-state index in [-0.39, 0.29) is 57.8 Å². The van der Waals surface area contributed by atoms with E-state index in [1.165, 1.54) is 0 Å². The van der Waals surface area contributed by atoms with Gasteiger partial charge in [0.1, 0.15) is 55.9 Å². The monoisotopic (exact) mass is 509 g/mol. The van der Waals surface area contributed by atoms with Gasteiger partial charge in [-0.3, -0.25) is 4.79 Å². The standard InChI is InChI=1S/C17H29NO14.K/c18-6(15(27)28)1-2-9(21)29-4-8-10(22)12(24)13(25)16(30-8)32-17(5-20)14(26)11(23)7(3-19)31-17;/h6-8,10-14,16,19-20,22-26H,1-5,18H2,(H,27,28);/q;+1/p-1/t6-,7+,8+,10+,11+,12-,13+,14-,16+,17-;/m0./s1. The Balaban J connectivity index is 0.00000544. The van der Waals surface area contributed by atoms with Gasteiger partial charge in [0, 0.05) is 12.5 Å². The van der Waals surface area contributed by atoms with E-state index in [9.17, 15) is 50.4 Å². The van der Waals surface area contributed by atoms with Crippen molar-refractivity contribution in [3.05, 3.63) is 0 Å². The Morgan fingerprint density at radius 1 is 1.03 bits per heavy atom. The molecule has 0 aliphatic carbocycles. The van der Waals surface area contributed by atoms with Crippen LogP contribution in [-0.2, 0) is 28.5 Å². The molecule has 0 saturated carbocycles. The summed E-state index contributed by atoms with van der Waals surface area (Å²) in [5, 5.41) is 79.9. The number of hydrogen-bond acceptors (Lipinski definition) is 15. The Kier molecular flexibility index (Phi) is 12.7. The Morgan fingerprint density at radius 3 is 2.18 bits per heavy atom. The molecular weight excluding hydrogens is 481 g/mol. The smallest absolute Gasteiger partial charge is 0.548 e. The Bertz CT molecular complexity index is 657. The van der Waals surface area contributed by atoms with Crippen LogP contribution in [0.15, 0.2) is 0 Å². The molecule has 2 heterocycles. The first kappa shape index (κ1) is 31.2. The molecule has 9 N–H and O–H groups in total. The molecule has 2 fully saturated rings. The maximum absolute atomic E-state index is 11.8. The maximum Gasteiger partial charge on any atom is 1.00 e. The van der Waals surface area contributed by atoms with Crippen LogP contribution in [0.25, 0.3) is 0 Å². The molecular formula is C17H28KNO14. The fourth-order valence-electron chi connectivity index (χ4n) is 3.26. The van der Waals surface area contributed by atoms with Crippen molar-refractivity contribution in [3.8, 4) is 0 Å². The SMILES string of the molecule is N[C@@H](CCC(=O)OC[C@H]1O[C@H](O[C@]2(CO)O[C@H](CO)[C@@H](O)[C@@H]2O)[C@H](O)[C@@H](O)[C@@H]1O)C(=O)[O-].[K+]. The van der Waals surface area contributed by atoms with Gasteiger partial charge in [-0.05, 0) is 6.42 Å². The van der Waals surface area contributed by atoms with Crippen LogP contribution >= 0.6 is 0 Å². The Morgan fingerprint density at radius 2 is 1.67 bits per heavy atom. The molecule has 2 rings (SSSR count). The Hall–Kier alpha value is 0.136. The first-order chi connectivity index (χ1) is 15.0. The van der Waals surface area contributed by atoms with Crippen molar-refractivity contribution in [1.82, 2.24) is 0 Å². The zero-order chi connectivity index (χ0) is 24.2. The largest absolute Gasteiger partial charge is 1.00 e. The number of rotatable bonds is 10. The summed E-state index contributed by atoms with van der Waals surface area (Å²) in [5.74, 6) is -4.79. The van der Waals surface area contributed by atoms with Gasteiger partial charge in [-0.25, -0.2) is 0 Å². The first-order valence-corrected chi connectivity index (χ1v) is 9.72. The van der Waals surface area contributed by atoms with Gasteiger partial charge in [-0.15, -0.1) is 0 Å². The van der Waals surface area contributed by atoms with Crippen molar-refractivity contribution in [2.75, 3.05) is 19.8 Å². The van der Waals surface area contributed by atoms with Gasteiger partial charge in [-0.2, -0.15) is 0 Å². The molecule has 33 heavy (non-hydrogen) atoms. The van der Waals surface area contributed by atoms with Crippen molar-refractivity contribution in [2.24, 2.45) is 5.73 Å². The Labute approximate surface area is 230 Å². The summed E-state index contributed by atoms with van der Waals surface area (Å²) < 4.78 is 20.7. The second kappa shape index (κ2) is 13.4. The van der Waals surface area contributed by atoms with Crippen molar-refractivity contribution >= 4 is 11.9 Å². The number of carbonyl (C=O) groups is 2. The number of aliphatic carboxylic acids is 1. The second-order valence-electron chi connectivity index (χ2n) is 7.52. The summed E-state index contributed by atoms with van der Waals surface area (Å²) in [6, 6.07) is -1.39. The third kappa shape index (κ3) is 7.32. The number of carboxylic acid groups (broad SMARTS) is 1. The van der Waals surface area contributed by atoms with Gasteiger partial charge in [0.05, 0.1) is 12.6 Å². The molecule has 15 nitrogen and oxygen atoms in total. The predicted molar refractivity (Wildman–Crippen MR) is 94.7 cm³/mol. The van der Waals surface area contributed by atoms with Crippen LogP contribution in [0.3, 0.4) is 0 Å². The van der Waals surface area contributed by atoms with Crippen molar-refractivity contribution < 1.29 is 121 Å². The predicted octanol–water partition coefficient (Wildman–Crippen LogP) is -9.98. The average Bonchev–Trinajstić information content (AvgIpc) is 3.01. The average molecular weight is 510 g/mol. The van der Waals surface area contributed by atoms with Crippen LogP contribution < -0.4 is 62.2 Å². The number of esters is 1. The van der Waals surface area contributed by atoms with E-state index >= 15 is 0 Å². The molecule has 0 spiro atoms. The topological polar surface area (TPSA) is 262 Å². The molecule has 16 heteroatoms. The van der Waals surface area contributed by atoms with E-state index in [2.05, 4.69) is 0 Å². The van der Waals surface area contributed by atoms with Gasteiger partial charge >= 0.3 is 57.4 Å². The van der Waals surface area contributed by atoms with Gasteiger partial charge in [0.15, 0.2) is 6.29 Å². The molecule has 0 aromatic carbocycles. The van der Waals surface area contributed by atoms with E-state index in [0.717, 1.165) is 0 Å². The molecule has 0 unspecified atom stereocenters. The molecule has 186 valence electrons. The fraction of sp³-hybridized carbons (Fsp3) is 0.882. The number of aliphatic hydroxyl groups excluding tert-OH is 7. The number of carboxylic acids is 1. The number of nitrogens with two attached hydrogens (primary N) is 1. The summed E-state index contributed by atoms with van der Waals surface area (Å²) in [6.45, 7) is -2.44. The quantitative estimate of drug-likeness (QED) is 0.100. The van der Waals surface area contributed by atoms with Crippen LogP contribution in [-0.4, -0.2) is 128 Å². The molecule has 2 saturated heterocycles. The number of carbonyl (C=O) groups excluding carboxylic acids is 2. The van der Waals surface area contributed by atoms with Gasteiger partial charge in [0.2, 0.25) is 5.79 Å². The molecule has 2 aliphatic heterocycles. The minimum atomic E-state index is -2.34. The van der Waals surface area contributed by atoms with E-state index in [1.807, 2.05) is 0 Å².